The minimum absolute atomic E-state index is 0.0935. The van der Waals surface area contributed by atoms with Crippen molar-refractivity contribution >= 4 is 17.0 Å². The number of rotatable bonds is 6. The zero-order chi connectivity index (χ0) is 25.2. The number of aryl methyl sites for hydroxylation is 1. The van der Waals surface area contributed by atoms with Gasteiger partial charge >= 0.3 is 6.09 Å². The Balaban J connectivity index is 1.22. The molecular weight excluding hydrogens is 465 g/mol. The van der Waals surface area contributed by atoms with Crippen molar-refractivity contribution in [3.05, 3.63) is 69.8 Å². The molecule has 0 saturated carbocycles. The third kappa shape index (κ3) is 5.02. The van der Waals surface area contributed by atoms with Gasteiger partial charge < -0.3 is 28.9 Å². The van der Waals surface area contributed by atoms with E-state index in [1.807, 2.05) is 25.1 Å². The maximum atomic E-state index is 13.9. The Hall–Kier alpha value is -3.59. The molecule has 0 radical (unpaired) electrons. The van der Waals surface area contributed by atoms with Crippen molar-refractivity contribution < 1.29 is 23.8 Å². The monoisotopic (exact) mass is 495 g/mol. The van der Waals surface area contributed by atoms with Crippen LogP contribution in [0, 0.1) is 12.7 Å². The maximum absolute atomic E-state index is 13.9. The van der Waals surface area contributed by atoms with Crippen molar-refractivity contribution in [1.29, 1.82) is 0 Å². The second-order valence-corrected chi connectivity index (χ2v) is 9.44. The van der Waals surface area contributed by atoms with Gasteiger partial charge in [0.2, 0.25) is 0 Å². The highest BCUT2D eigenvalue weighted by Gasteiger charge is 2.28. The van der Waals surface area contributed by atoms with Crippen LogP contribution < -0.4 is 15.0 Å². The maximum Gasteiger partial charge on any atom is 0.407 e. The molecule has 0 unspecified atom stereocenters. The van der Waals surface area contributed by atoms with Gasteiger partial charge in [0.15, 0.2) is 11.5 Å². The van der Waals surface area contributed by atoms with Gasteiger partial charge in [0.25, 0.3) is 5.56 Å². The van der Waals surface area contributed by atoms with Crippen LogP contribution in [-0.2, 0) is 13.1 Å². The van der Waals surface area contributed by atoms with Gasteiger partial charge in [0.05, 0.1) is 5.52 Å². The lowest BCUT2D eigenvalue weighted by atomic mass is 10.0. The molecule has 9 heteroatoms. The van der Waals surface area contributed by atoms with Gasteiger partial charge in [0.1, 0.15) is 19.0 Å². The van der Waals surface area contributed by atoms with Gasteiger partial charge in [-0.2, -0.15) is 0 Å². The summed E-state index contributed by atoms with van der Waals surface area (Å²) in [6.07, 6.45) is 0.465. The number of hydrogen-bond donors (Lipinski definition) is 1. The molecule has 8 nitrogen and oxygen atoms in total. The molecule has 1 saturated heterocycles. The largest absolute Gasteiger partial charge is 0.486 e. The highest BCUT2D eigenvalue weighted by Crippen LogP contribution is 2.31. The second-order valence-electron chi connectivity index (χ2n) is 9.44. The summed E-state index contributed by atoms with van der Waals surface area (Å²) in [7, 11) is 0. The zero-order valence-electron chi connectivity index (χ0n) is 20.3. The van der Waals surface area contributed by atoms with E-state index in [0.717, 1.165) is 29.6 Å². The topological polar surface area (TPSA) is 84.2 Å². The van der Waals surface area contributed by atoms with E-state index >= 15 is 0 Å². The van der Waals surface area contributed by atoms with E-state index in [2.05, 4.69) is 4.90 Å². The number of halogens is 1. The van der Waals surface area contributed by atoms with Crippen LogP contribution in [0.15, 0.2) is 47.3 Å². The van der Waals surface area contributed by atoms with Gasteiger partial charge in [-0.25, -0.2) is 9.18 Å². The molecule has 0 spiro atoms. The number of fused-ring (bicyclic) bond motifs is 2. The fourth-order valence-electron chi connectivity index (χ4n) is 5.18. The van der Waals surface area contributed by atoms with Crippen molar-refractivity contribution in [3.8, 4) is 11.5 Å². The van der Waals surface area contributed by atoms with Crippen molar-refractivity contribution in [2.24, 2.45) is 0 Å². The minimum atomic E-state index is -0.942. The highest BCUT2D eigenvalue weighted by molar-refractivity contribution is 5.82. The van der Waals surface area contributed by atoms with Gasteiger partial charge in [0, 0.05) is 50.2 Å². The van der Waals surface area contributed by atoms with E-state index in [4.69, 9.17) is 9.47 Å². The first-order valence-electron chi connectivity index (χ1n) is 12.3. The Morgan fingerprint density at radius 3 is 2.56 bits per heavy atom. The molecular formula is C27H30FN3O5. The average Bonchev–Trinajstić information content (AvgIpc) is 2.87. The molecule has 1 aromatic heterocycles. The standard InChI is InChI=1S/C27H30FN3O5/c1-18-14-26(32)30(23-16-20(28)3-4-22(18)23)11-10-29-8-6-21(7-9-29)31(27(33)34)17-19-2-5-24-25(15-19)36-13-12-35-24/h2-5,14-16,21H,6-13,17H2,1H3,(H,33,34). The number of carboxylic acid groups (broad SMARTS) is 1. The van der Waals surface area contributed by atoms with Crippen LogP contribution in [0.4, 0.5) is 9.18 Å². The van der Waals surface area contributed by atoms with Crippen LogP contribution in [-0.4, -0.2) is 64.5 Å². The molecule has 1 fully saturated rings. The van der Waals surface area contributed by atoms with Gasteiger partial charge in [-0.3, -0.25) is 4.79 Å². The number of ether oxygens (including phenoxy) is 2. The molecule has 0 bridgehead atoms. The average molecular weight is 496 g/mol. The highest BCUT2D eigenvalue weighted by atomic mass is 19.1. The summed E-state index contributed by atoms with van der Waals surface area (Å²) >= 11 is 0. The van der Waals surface area contributed by atoms with E-state index in [0.29, 0.717) is 56.2 Å². The lowest BCUT2D eigenvalue weighted by Gasteiger charge is -2.37. The third-order valence-corrected chi connectivity index (χ3v) is 7.12. The van der Waals surface area contributed by atoms with Crippen molar-refractivity contribution in [2.45, 2.75) is 38.9 Å². The van der Waals surface area contributed by atoms with Crippen molar-refractivity contribution in [2.75, 3.05) is 32.8 Å². The molecule has 2 aromatic carbocycles. The van der Waals surface area contributed by atoms with E-state index in [1.165, 1.54) is 17.0 Å². The first-order chi connectivity index (χ1) is 17.4. The van der Waals surface area contributed by atoms with Crippen LogP contribution in [0.2, 0.25) is 0 Å². The molecule has 3 aromatic rings. The van der Waals surface area contributed by atoms with Crippen LogP contribution in [0.1, 0.15) is 24.0 Å². The molecule has 1 amide bonds. The summed E-state index contributed by atoms with van der Waals surface area (Å²) in [5, 5.41) is 10.8. The third-order valence-electron chi connectivity index (χ3n) is 7.12. The van der Waals surface area contributed by atoms with Gasteiger partial charge in [-0.1, -0.05) is 6.07 Å². The molecule has 3 heterocycles. The predicted molar refractivity (Wildman–Crippen MR) is 133 cm³/mol. The Labute approximate surface area is 208 Å². The fraction of sp³-hybridized carbons (Fsp3) is 0.407. The molecule has 2 aliphatic heterocycles. The predicted octanol–water partition coefficient (Wildman–Crippen LogP) is 3.86. The lowest BCUT2D eigenvalue weighted by Crippen LogP contribution is -2.47. The number of nitrogens with zero attached hydrogens (tertiary/aromatic N) is 3. The van der Waals surface area contributed by atoms with Gasteiger partial charge in [-0.15, -0.1) is 0 Å². The minimum Gasteiger partial charge on any atom is -0.486 e. The number of benzene rings is 2. The zero-order valence-corrected chi connectivity index (χ0v) is 20.3. The number of carbonyl (C=O) groups is 1. The number of aromatic nitrogens is 1. The summed E-state index contributed by atoms with van der Waals surface area (Å²) in [5.41, 5.74) is 2.16. The van der Waals surface area contributed by atoms with Crippen LogP contribution in [0.5, 0.6) is 11.5 Å². The van der Waals surface area contributed by atoms with E-state index < -0.39 is 6.09 Å². The lowest BCUT2D eigenvalue weighted by molar-refractivity contribution is 0.0856. The van der Waals surface area contributed by atoms with Crippen LogP contribution in [0.3, 0.4) is 0 Å². The van der Waals surface area contributed by atoms with E-state index in [-0.39, 0.29) is 24.0 Å². The SMILES string of the molecule is Cc1cc(=O)n(CCN2CCC(N(Cc3ccc4c(c3)OCCO4)C(=O)O)CC2)c2cc(F)ccc12. The number of likely N-dealkylation sites (tertiary alicyclic amines) is 1. The van der Waals surface area contributed by atoms with Crippen molar-refractivity contribution in [3.63, 3.8) is 0 Å². The Kier molecular flexibility index (Phi) is 6.82. The molecule has 0 atom stereocenters. The summed E-state index contributed by atoms with van der Waals surface area (Å²) in [5.74, 6) is 0.967. The Morgan fingerprint density at radius 1 is 1.06 bits per heavy atom. The Bertz CT molecular complexity index is 1330. The molecule has 190 valence electrons. The number of pyridine rings is 1. The van der Waals surface area contributed by atoms with Crippen LogP contribution >= 0.6 is 0 Å². The Morgan fingerprint density at radius 2 is 1.81 bits per heavy atom. The molecule has 2 aliphatic rings. The van der Waals surface area contributed by atoms with E-state index in [1.54, 1.807) is 16.7 Å². The van der Waals surface area contributed by atoms with Crippen LogP contribution in [0.25, 0.3) is 10.9 Å². The molecule has 5 rings (SSSR count). The molecule has 0 aliphatic carbocycles. The van der Waals surface area contributed by atoms with Crippen molar-refractivity contribution in [1.82, 2.24) is 14.4 Å². The first-order valence-corrected chi connectivity index (χ1v) is 12.3. The molecule has 36 heavy (non-hydrogen) atoms. The molecule has 1 N–H and O–H groups in total. The quantitative estimate of drug-likeness (QED) is 0.559. The summed E-state index contributed by atoms with van der Waals surface area (Å²) in [6.45, 7) is 5.67. The summed E-state index contributed by atoms with van der Waals surface area (Å²) in [6, 6.07) is 11.6. The first kappa shape index (κ1) is 24.1. The normalized spacial score (nSPS) is 16.3. The number of amides is 1. The van der Waals surface area contributed by atoms with E-state index in [9.17, 15) is 19.1 Å². The van der Waals surface area contributed by atoms with Gasteiger partial charge in [-0.05, 0) is 61.2 Å². The number of hydrogen-bond acceptors (Lipinski definition) is 5. The number of piperidine rings is 1. The smallest absolute Gasteiger partial charge is 0.407 e. The second kappa shape index (κ2) is 10.2. The summed E-state index contributed by atoms with van der Waals surface area (Å²) < 4.78 is 26.7. The summed E-state index contributed by atoms with van der Waals surface area (Å²) in [4.78, 5) is 28.5. The fourth-order valence-corrected chi connectivity index (χ4v) is 5.18.